The molecule has 4 heteroatoms. The summed E-state index contributed by atoms with van der Waals surface area (Å²) in [7, 11) is 0. The van der Waals surface area contributed by atoms with E-state index in [2.05, 4.69) is 4.99 Å². The van der Waals surface area contributed by atoms with Crippen LogP contribution in [0.25, 0.3) is 0 Å². The Morgan fingerprint density at radius 2 is 1.85 bits per heavy atom. The molecule has 1 atom stereocenters. The van der Waals surface area contributed by atoms with E-state index in [4.69, 9.17) is 22.3 Å². The Morgan fingerprint density at radius 1 is 1.10 bits per heavy atom. The zero-order chi connectivity index (χ0) is 14.1. The Bertz CT molecular complexity index is 705. The van der Waals surface area contributed by atoms with Crippen LogP contribution in [-0.2, 0) is 0 Å². The monoisotopic (exact) mass is 283 g/mol. The third-order valence-corrected chi connectivity index (χ3v) is 3.50. The Kier molecular flexibility index (Phi) is 3.28. The standard InChI is InChI=1S/C16H14ClN3/c1-10-16(18)20-14-8-7-12(17)9-13(14)15(19-10)11-5-3-2-4-6-11/h2-10H,1H3,(H2,18,20). The summed E-state index contributed by atoms with van der Waals surface area (Å²) in [6, 6.07) is 15.4. The minimum absolute atomic E-state index is 0.156. The molecule has 2 aromatic carbocycles. The van der Waals surface area contributed by atoms with Gasteiger partial charge in [-0.1, -0.05) is 41.9 Å². The van der Waals surface area contributed by atoms with Crippen molar-refractivity contribution in [1.29, 1.82) is 0 Å². The smallest absolute Gasteiger partial charge is 0.124 e. The molecule has 0 bridgehead atoms. The van der Waals surface area contributed by atoms with Gasteiger partial charge in [0.25, 0.3) is 0 Å². The van der Waals surface area contributed by atoms with Crippen molar-refractivity contribution in [2.75, 3.05) is 0 Å². The minimum atomic E-state index is -0.156. The molecular weight excluding hydrogens is 270 g/mol. The van der Waals surface area contributed by atoms with Crippen molar-refractivity contribution in [1.82, 2.24) is 0 Å². The van der Waals surface area contributed by atoms with Crippen LogP contribution in [0.15, 0.2) is 58.5 Å². The zero-order valence-corrected chi connectivity index (χ0v) is 11.8. The van der Waals surface area contributed by atoms with E-state index in [0.29, 0.717) is 10.9 Å². The molecule has 0 amide bonds. The number of benzene rings is 2. The van der Waals surface area contributed by atoms with Crippen LogP contribution in [0.2, 0.25) is 5.02 Å². The van der Waals surface area contributed by atoms with Gasteiger partial charge in [-0.2, -0.15) is 0 Å². The summed E-state index contributed by atoms with van der Waals surface area (Å²) in [4.78, 5) is 9.17. The Morgan fingerprint density at radius 3 is 2.60 bits per heavy atom. The summed E-state index contributed by atoms with van der Waals surface area (Å²) in [6.07, 6.45) is 0. The lowest BCUT2D eigenvalue weighted by Crippen LogP contribution is -2.24. The number of hydrogen-bond acceptors (Lipinski definition) is 3. The predicted molar refractivity (Wildman–Crippen MR) is 84.3 cm³/mol. The van der Waals surface area contributed by atoms with E-state index in [9.17, 15) is 0 Å². The number of hydrogen-bond donors (Lipinski definition) is 1. The number of rotatable bonds is 1. The normalized spacial score (nSPS) is 17.8. The second-order valence-corrected chi connectivity index (χ2v) is 5.15. The topological polar surface area (TPSA) is 50.7 Å². The average molecular weight is 284 g/mol. The van der Waals surface area contributed by atoms with Gasteiger partial charge in [0, 0.05) is 16.1 Å². The van der Waals surface area contributed by atoms with Crippen molar-refractivity contribution in [2.45, 2.75) is 13.0 Å². The zero-order valence-electron chi connectivity index (χ0n) is 11.0. The molecule has 100 valence electrons. The highest BCUT2D eigenvalue weighted by Crippen LogP contribution is 2.28. The third kappa shape index (κ3) is 2.32. The summed E-state index contributed by atoms with van der Waals surface area (Å²) in [5.41, 5.74) is 9.61. The van der Waals surface area contributed by atoms with E-state index in [-0.39, 0.29) is 6.04 Å². The molecule has 0 aromatic heterocycles. The van der Waals surface area contributed by atoms with Gasteiger partial charge in [0.2, 0.25) is 0 Å². The highest BCUT2D eigenvalue weighted by Gasteiger charge is 2.19. The molecule has 3 rings (SSSR count). The van der Waals surface area contributed by atoms with Crippen molar-refractivity contribution in [3.8, 4) is 0 Å². The third-order valence-electron chi connectivity index (χ3n) is 3.26. The van der Waals surface area contributed by atoms with Crippen LogP contribution < -0.4 is 5.73 Å². The van der Waals surface area contributed by atoms with Gasteiger partial charge >= 0.3 is 0 Å². The summed E-state index contributed by atoms with van der Waals surface area (Å²) in [5.74, 6) is 0.513. The molecule has 3 nitrogen and oxygen atoms in total. The summed E-state index contributed by atoms with van der Waals surface area (Å²) >= 11 is 6.12. The van der Waals surface area contributed by atoms with Crippen LogP contribution in [0.4, 0.5) is 5.69 Å². The molecule has 0 spiro atoms. The fourth-order valence-electron chi connectivity index (χ4n) is 2.18. The van der Waals surface area contributed by atoms with Crippen molar-refractivity contribution in [2.24, 2.45) is 15.7 Å². The number of nitrogens with two attached hydrogens (primary N) is 1. The first-order valence-electron chi connectivity index (χ1n) is 6.42. The predicted octanol–water partition coefficient (Wildman–Crippen LogP) is 3.57. The van der Waals surface area contributed by atoms with Crippen LogP contribution in [0.1, 0.15) is 18.1 Å². The van der Waals surface area contributed by atoms with E-state index in [1.807, 2.05) is 55.5 Å². The molecule has 0 aliphatic carbocycles. The van der Waals surface area contributed by atoms with Gasteiger partial charge in [-0.05, 0) is 25.1 Å². The highest BCUT2D eigenvalue weighted by molar-refractivity contribution is 6.31. The maximum Gasteiger partial charge on any atom is 0.124 e. The lowest BCUT2D eigenvalue weighted by molar-refractivity contribution is 0.965. The number of aliphatic imine (C=N–C) groups is 2. The number of halogens is 1. The van der Waals surface area contributed by atoms with E-state index < -0.39 is 0 Å². The maximum absolute atomic E-state index is 6.12. The van der Waals surface area contributed by atoms with Gasteiger partial charge in [-0.15, -0.1) is 0 Å². The van der Waals surface area contributed by atoms with Gasteiger partial charge in [0.1, 0.15) is 11.9 Å². The molecule has 0 saturated heterocycles. The number of fused-ring (bicyclic) bond motifs is 1. The first-order valence-corrected chi connectivity index (χ1v) is 6.80. The molecule has 2 N–H and O–H groups in total. The second kappa shape index (κ2) is 5.10. The fourth-order valence-corrected chi connectivity index (χ4v) is 2.36. The second-order valence-electron chi connectivity index (χ2n) is 4.72. The molecule has 0 fully saturated rings. The SMILES string of the molecule is CC1N=C(c2ccccc2)c2cc(Cl)ccc2N=C1N. The van der Waals surface area contributed by atoms with Crippen LogP contribution in [0, 0.1) is 0 Å². The van der Waals surface area contributed by atoms with E-state index in [1.54, 1.807) is 0 Å². The van der Waals surface area contributed by atoms with Crippen molar-refractivity contribution in [3.05, 3.63) is 64.7 Å². The van der Waals surface area contributed by atoms with Crippen LogP contribution >= 0.6 is 11.6 Å². The molecular formula is C16H14ClN3. The van der Waals surface area contributed by atoms with Gasteiger partial charge in [-0.25, -0.2) is 4.99 Å². The lowest BCUT2D eigenvalue weighted by atomic mass is 10.0. The van der Waals surface area contributed by atoms with Crippen LogP contribution in [0.5, 0.6) is 0 Å². The van der Waals surface area contributed by atoms with Crippen molar-refractivity contribution < 1.29 is 0 Å². The number of amidine groups is 1. The molecule has 0 saturated carbocycles. The Balaban J connectivity index is 2.25. The van der Waals surface area contributed by atoms with Crippen LogP contribution in [0.3, 0.4) is 0 Å². The van der Waals surface area contributed by atoms with Crippen molar-refractivity contribution in [3.63, 3.8) is 0 Å². The molecule has 1 heterocycles. The first-order chi connectivity index (χ1) is 9.65. The van der Waals surface area contributed by atoms with Gasteiger partial charge in [0.15, 0.2) is 0 Å². The average Bonchev–Trinajstić information content (AvgIpc) is 2.58. The van der Waals surface area contributed by atoms with Gasteiger partial charge in [0.05, 0.1) is 11.4 Å². The number of nitrogens with zero attached hydrogens (tertiary/aromatic N) is 2. The van der Waals surface area contributed by atoms with Crippen LogP contribution in [-0.4, -0.2) is 17.6 Å². The Labute approximate surface area is 122 Å². The van der Waals surface area contributed by atoms with E-state index in [0.717, 1.165) is 22.5 Å². The summed E-state index contributed by atoms with van der Waals surface area (Å²) in [6.45, 7) is 1.94. The fraction of sp³-hybridized carbons (Fsp3) is 0.125. The van der Waals surface area contributed by atoms with Crippen molar-refractivity contribution >= 4 is 28.8 Å². The quantitative estimate of drug-likeness (QED) is 0.854. The molecule has 1 aliphatic rings. The lowest BCUT2D eigenvalue weighted by Gasteiger charge is -2.09. The molecule has 2 aromatic rings. The maximum atomic E-state index is 6.12. The molecule has 1 unspecified atom stereocenters. The molecule has 0 radical (unpaired) electrons. The highest BCUT2D eigenvalue weighted by atomic mass is 35.5. The molecule has 1 aliphatic heterocycles. The van der Waals surface area contributed by atoms with Gasteiger partial charge in [-0.3, -0.25) is 4.99 Å². The first kappa shape index (κ1) is 12.9. The Hall–Kier alpha value is -2.13. The molecule has 20 heavy (non-hydrogen) atoms. The summed E-state index contributed by atoms with van der Waals surface area (Å²) < 4.78 is 0. The van der Waals surface area contributed by atoms with Gasteiger partial charge < -0.3 is 5.73 Å². The summed E-state index contributed by atoms with van der Waals surface area (Å²) in [5, 5.41) is 0.663. The minimum Gasteiger partial charge on any atom is -0.385 e. The largest absolute Gasteiger partial charge is 0.385 e. The van der Waals surface area contributed by atoms with E-state index >= 15 is 0 Å². The van der Waals surface area contributed by atoms with E-state index in [1.165, 1.54) is 0 Å².